The summed E-state index contributed by atoms with van der Waals surface area (Å²) in [6, 6.07) is 8.78. The lowest BCUT2D eigenvalue weighted by Gasteiger charge is -2.00. The van der Waals surface area contributed by atoms with Crippen LogP contribution in [0.2, 0.25) is 5.02 Å². The number of nitrogens with one attached hydrogen (secondary N) is 1. The van der Waals surface area contributed by atoms with Crippen molar-refractivity contribution in [2.75, 3.05) is 0 Å². The molecule has 0 atom stereocenters. The van der Waals surface area contributed by atoms with E-state index in [1.165, 1.54) is 23.1 Å². The Labute approximate surface area is 127 Å². The van der Waals surface area contributed by atoms with Gasteiger partial charge < -0.3 is 10.1 Å². The molecule has 3 rings (SSSR count). The van der Waals surface area contributed by atoms with Crippen molar-refractivity contribution in [1.29, 1.82) is 0 Å². The van der Waals surface area contributed by atoms with Crippen LogP contribution in [0.3, 0.4) is 0 Å². The number of thiazole rings is 1. The van der Waals surface area contributed by atoms with Crippen molar-refractivity contribution in [1.82, 2.24) is 9.97 Å². The largest absolute Gasteiger partial charge is 0.506 e. The van der Waals surface area contributed by atoms with E-state index < -0.39 is 0 Å². The molecular weight excluding hydrogens is 316 g/mol. The highest BCUT2D eigenvalue weighted by molar-refractivity contribution is 8.00. The first-order valence-corrected chi connectivity index (χ1v) is 7.90. The van der Waals surface area contributed by atoms with Gasteiger partial charge in [0.2, 0.25) is 0 Å². The van der Waals surface area contributed by atoms with Gasteiger partial charge in [-0.15, -0.1) is 11.3 Å². The molecule has 0 amide bonds. The molecule has 20 heavy (non-hydrogen) atoms. The quantitative estimate of drug-likeness (QED) is 0.722. The standard InChI is InChI=1S/C13H9ClN2O2S2/c14-8-4-2-1-3-7(8)6-19-13-16-12-11(20-13)9(17)5-10(18)15-12/h1-5H,6H2,(H2,15,17,18). The third-order valence-corrected chi connectivity index (χ3v) is 5.30. The van der Waals surface area contributed by atoms with E-state index in [9.17, 15) is 9.90 Å². The van der Waals surface area contributed by atoms with Gasteiger partial charge in [-0.3, -0.25) is 4.79 Å². The SMILES string of the molecule is O=c1cc(O)c2sc(SCc3ccccc3Cl)nc2[nH]1. The highest BCUT2D eigenvalue weighted by atomic mass is 35.5. The fourth-order valence-electron chi connectivity index (χ4n) is 1.72. The third kappa shape index (κ3) is 2.67. The predicted molar refractivity (Wildman–Crippen MR) is 82.9 cm³/mol. The zero-order chi connectivity index (χ0) is 14.1. The Morgan fingerprint density at radius 1 is 1.40 bits per heavy atom. The van der Waals surface area contributed by atoms with Gasteiger partial charge in [0.15, 0.2) is 9.99 Å². The molecule has 0 aliphatic carbocycles. The van der Waals surface area contributed by atoms with Crippen LogP contribution in [-0.4, -0.2) is 15.1 Å². The number of nitrogens with zero attached hydrogens (tertiary/aromatic N) is 1. The molecule has 0 fully saturated rings. The highest BCUT2D eigenvalue weighted by Crippen LogP contribution is 2.35. The lowest BCUT2D eigenvalue weighted by atomic mass is 10.2. The summed E-state index contributed by atoms with van der Waals surface area (Å²) in [7, 11) is 0. The molecule has 0 saturated heterocycles. The normalized spacial score (nSPS) is 11.1. The number of hydrogen-bond acceptors (Lipinski definition) is 5. The Hall–Kier alpha value is -1.50. The molecule has 3 aromatic rings. The fraction of sp³-hybridized carbons (Fsp3) is 0.0769. The molecule has 0 radical (unpaired) electrons. The Morgan fingerprint density at radius 2 is 2.20 bits per heavy atom. The van der Waals surface area contributed by atoms with Gasteiger partial charge >= 0.3 is 0 Å². The van der Waals surface area contributed by atoms with E-state index in [1.54, 1.807) is 0 Å². The second-order valence-electron chi connectivity index (χ2n) is 4.06. The van der Waals surface area contributed by atoms with Crippen LogP contribution < -0.4 is 5.56 Å². The number of pyridine rings is 1. The minimum Gasteiger partial charge on any atom is -0.506 e. The zero-order valence-electron chi connectivity index (χ0n) is 10.1. The van der Waals surface area contributed by atoms with Crippen LogP contribution in [0, 0.1) is 0 Å². The van der Waals surface area contributed by atoms with Gasteiger partial charge in [0, 0.05) is 16.8 Å². The third-order valence-electron chi connectivity index (χ3n) is 2.66. The molecule has 0 aliphatic heterocycles. The number of hydrogen-bond donors (Lipinski definition) is 2. The summed E-state index contributed by atoms with van der Waals surface area (Å²) in [4.78, 5) is 18.2. The van der Waals surface area contributed by atoms with E-state index in [0.717, 1.165) is 21.0 Å². The summed E-state index contributed by atoms with van der Waals surface area (Å²) in [5.41, 5.74) is 1.08. The van der Waals surface area contributed by atoms with Crippen LogP contribution in [0.4, 0.5) is 0 Å². The number of thioether (sulfide) groups is 1. The van der Waals surface area contributed by atoms with E-state index in [0.29, 0.717) is 16.1 Å². The lowest BCUT2D eigenvalue weighted by molar-refractivity contribution is 0.481. The number of aromatic hydroxyl groups is 1. The van der Waals surface area contributed by atoms with E-state index in [4.69, 9.17) is 11.6 Å². The minimum atomic E-state index is -0.358. The number of halogens is 1. The number of benzene rings is 1. The molecule has 1 aromatic carbocycles. The Kier molecular flexibility index (Phi) is 3.69. The molecule has 7 heteroatoms. The molecule has 2 heterocycles. The maximum absolute atomic E-state index is 11.3. The molecule has 0 saturated carbocycles. The monoisotopic (exact) mass is 324 g/mol. The van der Waals surface area contributed by atoms with E-state index in [-0.39, 0.29) is 11.3 Å². The van der Waals surface area contributed by atoms with Gasteiger partial charge in [0.05, 0.1) is 0 Å². The summed E-state index contributed by atoms with van der Waals surface area (Å²) in [6.07, 6.45) is 0. The molecule has 2 aromatic heterocycles. The zero-order valence-corrected chi connectivity index (χ0v) is 12.5. The first-order valence-electron chi connectivity index (χ1n) is 5.72. The second-order valence-corrected chi connectivity index (χ2v) is 6.69. The second kappa shape index (κ2) is 5.47. The van der Waals surface area contributed by atoms with Gasteiger partial charge in [-0.25, -0.2) is 4.98 Å². The molecule has 0 unspecified atom stereocenters. The summed E-state index contributed by atoms with van der Waals surface area (Å²) in [5, 5.41) is 10.4. The Bertz CT molecular complexity index is 829. The van der Waals surface area contributed by atoms with Crippen LogP contribution in [0.1, 0.15) is 5.56 Å². The van der Waals surface area contributed by atoms with Crippen LogP contribution >= 0.6 is 34.7 Å². The van der Waals surface area contributed by atoms with Crippen LogP contribution in [-0.2, 0) is 5.75 Å². The minimum absolute atomic E-state index is 0.0363. The van der Waals surface area contributed by atoms with Crippen molar-refractivity contribution in [3.63, 3.8) is 0 Å². The van der Waals surface area contributed by atoms with E-state index >= 15 is 0 Å². The fourth-order valence-corrected chi connectivity index (χ4v) is 4.02. The Balaban J connectivity index is 1.87. The Morgan fingerprint density at radius 3 is 3.00 bits per heavy atom. The maximum atomic E-state index is 11.3. The van der Waals surface area contributed by atoms with Gasteiger partial charge in [-0.1, -0.05) is 41.6 Å². The number of aromatic nitrogens is 2. The van der Waals surface area contributed by atoms with Gasteiger partial charge in [-0.2, -0.15) is 0 Å². The van der Waals surface area contributed by atoms with Crippen molar-refractivity contribution in [2.24, 2.45) is 0 Å². The summed E-state index contributed by atoms with van der Waals surface area (Å²) in [6.45, 7) is 0. The van der Waals surface area contributed by atoms with Crippen molar-refractivity contribution in [3.8, 4) is 5.75 Å². The molecule has 2 N–H and O–H groups in total. The van der Waals surface area contributed by atoms with Crippen LogP contribution in [0.25, 0.3) is 10.3 Å². The topological polar surface area (TPSA) is 66.0 Å². The van der Waals surface area contributed by atoms with E-state index in [1.807, 2.05) is 24.3 Å². The molecular formula is C13H9ClN2O2S2. The van der Waals surface area contributed by atoms with E-state index in [2.05, 4.69) is 9.97 Å². The number of rotatable bonds is 3. The first-order chi connectivity index (χ1) is 9.63. The highest BCUT2D eigenvalue weighted by Gasteiger charge is 2.10. The van der Waals surface area contributed by atoms with Crippen LogP contribution in [0.15, 0.2) is 39.5 Å². The van der Waals surface area contributed by atoms with Gasteiger partial charge in [-0.05, 0) is 11.6 Å². The number of fused-ring (bicyclic) bond motifs is 1. The summed E-state index contributed by atoms with van der Waals surface area (Å²) >= 11 is 8.96. The molecule has 4 nitrogen and oxygen atoms in total. The molecule has 0 aliphatic rings. The van der Waals surface area contributed by atoms with Crippen molar-refractivity contribution in [3.05, 3.63) is 51.3 Å². The maximum Gasteiger partial charge on any atom is 0.253 e. The lowest BCUT2D eigenvalue weighted by Crippen LogP contribution is -2.02. The van der Waals surface area contributed by atoms with Crippen molar-refractivity contribution in [2.45, 2.75) is 10.1 Å². The average molecular weight is 325 g/mol. The predicted octanol–water partition coefficient (Wildman–Crippen LogP) is 3.64. The smallest absolute Gasteiger partial charge is 0.253 e. The van der Waals surface area contributed by atoms with Crippen LogP contribution in [0.5, 0.6) is 5.75 Å². The van der Waals surface area contributed by atoms with Crippen molar-refractivity contribution < 1.29 is 5.11 Å². The summed E-state index contributed by atoms with van der Waals surface area (Å²) < 4.78 is 1.36. The summed E-state index contributed by atoms with van der Waals surface area (Å²) in [5.74, 6) is 0.649. The molecule has 0 spiro atoms. The molecule has 0 bridgehead atoms. The first kappa shape index (κ1) is 13.5. The number of aromatic amines is 1. The van der Waals surface area contributed by atoms with Crippen molar-refractivity contribution >= 4 is 45.0 Å². The number of H-pyrrole nitrogens is 1. The van der Waals surface area contributed by atoms with Gasteiger partial charge in [0.1, 0.15) is 10.4 Å². The average Bonchev–Trinajstić information content (AvgIpc) is 2.81. The molecule has 102 valence electrons. The van der Waals surface area contributed by atoms with Gasteiger partial charge in [0.25, 0.3) is 5.56 Å².